The van der Waals surface area contributed by atoms with E-state index in [1.54, 1.807) is 24.3 Å². The standard InChI is InChI=1S/C12H15ClO2/c1-3-5-9(2)12(14)15-11-7-4-6-10(13)8-11/h4,6-9H,3,5H2,1-2H3. The molecule has 0 saturated carbocycles. The fraction of sp³-hybridized carbons (Fsp3) is 0.417. The number of ether oxygens (including phenoxy) is 1. The van der Waals surface area contributed by atoms with Gasteiger partial charge in [0.15, 0.2) is 0 Å². The fourth-order valence-corrected chi connectivity index (χ4v) is 1.48. The molecule has 0 aliphatic carbocycles. The third-order valence-corrected chi connectivity index (χ3v) is 2.37. The number of benzene rings is 1. The minimum absolute atomic E-state index is 0.0611. The molecule has 15 heavy (non-hydrogen) atoms. The average Bonchev–Trinajstić information content (AvgIpc) is 2.18. The third-order valence-electron chi connectivity index (χ3n) is 2.14. The Labute approximate surface area is 95.2 Å². The molecule has 0 saturated heterocycles. The van der Waals surface area contributed by atoms with Crippen molar-refractivity contribution in [2.45, 2.75) is 26.7 Å². The predicted molar refractivity (Wildman–Crippen MR) is 61.2 cm³/mol. The zero-order chi connectivity index (χ0) is 11.3. The summed E-state index contributed by atoms with van der Waals surface area (Å²) in [5.41, 5.74) is 0. The molecule has 1 rings (SSSR count). The van der Waals surface area contributed by atoms with Gasteiger partial charge in [0.25, 0.3) is 0 Å². The first kappa shape index (κ1) is 12.1. The highest BCUT2D eigenvalue weighted by Gasteiger charge is 2.14. The smallest absolute Gasteiger partial charge is 0.314 e. The van der Waals surface area contributed by atoms with Gasteiger partial charge in [-0.15, -0.1) is 0 Å². The molecular formula is C12H15ClO2. The van der Waals surface area contributed by atoms with E-state index >= 15 is 0 Å². The maximum absolute atomic E-state index is 11.5. The second kappa shape index (κ2) is 5.76. The van der Waals surface area contributed by atoms with Crippen LogP contribution in [0.4, 0.5) is 0 Å². The first-order valence-corrected chi connectivity index (χ1v) is 5.48. The van der Waals surface area contributed by atoms with Crippen LogP contribution in [-0.2, 0) is 4.79 Å². The Hall–Kier alpha value is -1.02. The molecule has 0 heterocycles. The summed E-state index contributed by atoms with van der Waals surface area (Å²) in [6.45, 7) is 3.92. The van der Waals surface area contributed by atoms with Crippen molar-refractivity contribution in [1.82, 2.24) is 0 Å². The van der Waals surface area contributed by atoms with E-state index in [1.807, 2.05) is 13.8 Å². The molecule has 0 radical (unpaired) electrons. The molecule has 1 aromatic carbocycles. The normalized spacial score (nSPS) is 12.2. The first-order valence-electron chi connectivity index (χ1n) is 5.10. The molecule has 3 heteroatoms. The summed E-state index contributed by atoms with van der Waals surface area (Å²) in [4.78, 5) is 11.5. The monoisotopic (exact) mass is 226 g/mol. The second-order valence-corrected chi connectivity index (χ2v) is 4.00. The maximum Gasteiger partial charge on any atom is 0.314 e. The van der Waals surface area contributed by atoms with Crippen molar-refractivity contribution in [1.29, 1.82) is 0 Å². The van der Waals surface area contributed by atoms with E-state index in [2.05, 4.69) is 0 Å². The fourth-order valence-electron chi connectivity index (χ4n) is 1.30. The van der Waals surface area contributed by atoms with Gasteiger partial charge in [0.05, 0.1) is 5.92 Å². The van der Waals surface area contributed by atoms with Crippen LogP contribution >= 0.6 is 11.6 Å². The van der Waals surface area contributed by atoms with Gasteiger partial charge in [-0.1, -0.05) is 37.9 Å². The molecule has 0 aliphatic heterocycles. The zero-order valence-corrected chi connectivity index (χ0v) is 9.75. The lowest BCUT2D eigenvalue weighted by atomic mass is 10.1. The molecule has 2 nitrogen and oxygen atoms in total. The van der Waals surface area contributed by atoms with Crippen molar-refractivity contribution < 1.29 is 9.53 Å². The maximum atomic E-state index is 11.5. The van der Waals surface area contributed by atoms with Crippen LogP contribution in [0.3, 0.4) is 0 Å². The number of carbonyl (C=O) groups excluding carboxylic acids is 1. The molecule has 0 aromatic heterocycles. The number of hydrogen-bond donors (Lipinski definition) is 0. The number of halogens is 1. The number of esters is 1. The lowest BCUT2D eigenvalue weighted by molar-refractivity contribution is -0.138. The summed E-state index contributed by atoms with van der Waals surface area (Å²) in [5, 5.41) is 0.573. The number of carbonyl (C=O) groups is 1. The van der Waals surface area contributed by atoms with Crippen LogP contribution in [0.2, 0.25) is 5.02 Å². The predicted octanol–water partition coefficient (Wildman–Crippen LogP) is 3.68. The van der Waals surface area contributed by atoms with Crippen molar-refractivity contribution in [2.75, 3.05) is 0 Å². The molecule has 0 spiro atoms. The molecule has 1 aromatic rings. The van der Waals surface area contributed by atoms with Crippen LogP contribution in [0.1, 0.15) is 26.7 Å². The van der Waals surface area contributed by atoms with Crippen molar-refractivity contribution in [3.63, 3.8) is 0 Å². The molecule has 0 aliphatic rings. The van der Waals surface area contributed by atoms with Crippen molar-refractivity contribution >= 4 is 17.6 Å². The van der Waals surface area contributed by atoms with Gasteiger partial charge in [-0.3, -0.25) is 4.79 Å². The third kappa shape index (κ3) is 3.92. The van der Waals surface area contributed by atoms with Gasteiger partial charge in [0.2, 0.25) is 0 Å². The Balaban J connectivity index is 2.58. The SMILES string of the molecule is CCCC(C)C(=O)Oc1cccc(Cl)c1. The lowest BCUT2D eigenvalue weighted by Crippen LogP contribution is -2.17. The molecule has 1 atom stereocenters. The summed E-state index contributed by atoms with van der Waals surface area (Å²) < 4.78 is 5.19. The lowest BCUT2D eigenvalue weighted by Gasteiger charge is -2.09. The van der Waals surface area contributed by atoms with E-state index in [4.69, 9.17) is 16.3 Å². The molecule has 0 N–H and O–H groups in total. The number of hydrogen-bond acceptors (Lipinski definition) is 2. The van der Waals surface area contributed by atoms with Crippen molar-refractivity contribution in [3.8, 4) is 5.75 Å². The Morgan fingerprint density at radius 3 is 2.87 bits per heavy atom. The highest BCUT2D eigenvalue weighted by atomic mass is 35.5. The summed E-state index contributed by atoms with van der Waals surface area (Å²) >= 11 is 5.78. The van der Waals surface area contributed by atoms with Gasteiger partial charge in [-0.25, -0.2) is 0 Å². The summed E-state index contributed by atoms with van der Waals surface area (Å²) in [6, 6.07) is 6.87. The average molecular weight is 227 g/mol. The van der Waals surface area contributed by atoms with E-state index in [-0.39, 0.29) is 11.9 Å². The van der Waals surface area contributed by atoms with Crippen LogP contribution in [0.25, 0.3) is 0 Å². The highest BCUT2D eigenvalue weighted by molar-refractivity contribution is 6.30. The van der Waals surface area contributed by atoms with E-state index in [0.29, 0.717) is 10.8 Å². The largest absolute Gasteiger partial charge is 0.426 e. The molecule has 0 bridgehead atoms. The first-order chi connectivity index (χ1) is 7.13. The Bertz CT molecular complexity index is 336. The van der Waals surface area contributed by atoms with Gasteiger partial charge in [0.1, 0.15) is 5.75 Å². The van der Waals surface area contributed by atoms with Crippen LogP contribution in [0.5, 0.6) is 5.75 Å². The second-order valence-electron chi connectivity index (χ2n) is 3.57. The molecule has 1 unspecified atom stereocenters. The molecule has 82 valence electrons. The molecule has 0 fully saturated rings. The van der Waals surface area contributed by atoms with Crippen LogP contribution < -0.4 is 4.74 Å². The van der Waals surface area contributed by atoms with Gasteiger partial charge in [0, 0.05) is 5.02 Å². The van der Waals surface area contributed by atoms with Gasteiger partial charge >= 0.3 is 5.97 Å². The van der Waals surface area contributed by atoms with Gasteiger partial charge in [-0.2, -0.15) is 0 Å². The van der Waals surface area contributed by atoms with E-state index in [1.165, 1.54) is 0 Å². The molecule has 0 amide bonds. The zero-order valence-electron chi connectivity index (χ0n) is 9.00. The van der Waals surface area contributed by atoms with E-state index < -0.39 is 0 Å². The van der Waals surface area contributed by atoms with Gasteiger partial charge < -0.3 is 4.74 Å². The van der Waals surface area contributed by atoms with Gasteiger partial charge in [-0.05, 0) is 24.6 Å². The summed E-state index contributed by atoms with van der Waals surface area (Å²) in [7, 11) is 0. The minimum Gasteiger partial charge on any atom is -0.426 e. The Morgan fingerprint density at radius 2 is 2.27 bits per heavy atom. The van der Waals surface area contributed by atoms with Crippen LogP contribution in [0.15, 0.2) is 24.3 Å². The summed E-state index contributed by atoms with van der Waals surface area (Å²) in [5.74, 6) is 0.253. The quantitative estimate of drug-likeness (QED) is 0.578. The van der Waals surface area contributed by atoms with Crippen LogP contribution in [0, 0.1) is 5.92 Å². The molecular weight excluding hydrogens is 212 g/mol. The van der Waals surface area contributed by atoms with E-state index in [0.717, 1.165) is 12.8 Å². The highest BCUT2D eigenvalue weighted by Crippen LogP contribution is 2.19. The topological polar surface area (TPSA) is 26.3 Å². The Kier molecular flexibility index (Phi) is 4.63. The van der Waals surface area contributed by atoms with Crippen molar-refractivity contribution in [3.05, 3.63) is 29.3 Å². The number of rotatable bonds is 4. The minimum atomic E-state index is -0.195. The van der Waals surface area contributed by atoms with Crippen LogP contribution in [-0.4, -0.2) is 5.97 Å². The van der Waals surface area contributed by atoms with Crippen molar-refractivity contribution in [2.24, 2.45) is 5.92 Å². The van der Waals surface area contributed by atoms with E-state index in [9.17, 15) is 4.79 Å². The Morgan fingerprint density at radius 1 is 1.53 bits per heavy atom. The summed E-state index contributed by atoms with van der Waals surface area (Å²) in [6.07, 6.45) is 1.82.